The van der Waals surface area contributed by atoms with Gasteiger partial charge in [0.2, 0.25) is 11.8 Å². The van der Waals surface area contributed by atoms with E-state index in [1.807, 2.05) is 44.2 Å². The van der Waals surface area contributed by atoms with Crippen molar-refractivity contribution in [3.63, 3.8) is 0 Å². The molecule has 0 spiro atoms. The zero-order valence-electron chi connectivity index (χ0n) is 26.1. The number of sulfonamides is 1. The molecule has 0 saturated heterocycles. The van der Waals surface area contributed by atoms with E-state index >= 15 is 0 Å². The van der Waals surface area contributed by atoms with E-state index in [0.29, 0.717) is 24.5 Å². The van der Waals surface area contributed by atoms with Crippen molar-refractivity contribution in [2.45, 2.75) is 50.6 Å². The van der Waals surface area contributed by atoms with Crippen LogP contribution in [0.1, 0.15) is 37.8 Å². The molecule has 0 aromatic heterocycles. The van der Waals surface area contributed by atoms with Crippen LogP contribution in [0.3, 0.4) is 0 Å². The second kappa shape index (κ2) is 16.6. The lowest BCUT2D eigenvalue weighted by atomic mass is 10.0. The molecule has 0 bridgehead atoms. The minimum absolute atomic E-state index is 0.0138. The van der Waals surface area contributed by atoms with E-state index in [-0.39, 0.29) is 29.5 Å². The van der Waals surface area contributed by atoms with Crippen LogP contribution in [0.25, 0.3) is 0 Å². The largest absolute Gasteiger partial charge is 0.494 e. The number of hydrogen-bond acceptors (Lipinski definition) is 5. The molecule has 0 unspecified atom stereocenters. The van der Waals surface area contributed by atoms with Crippen LogP contribution in [-0.2, 0) is 32.6 Å². The molecule has 0 fully saturated rings. The Bertz CT molecular complexity index is 1650. The van der Waals surface area contributed by atoms with Gasteiger partial charge in [0.05, 0.1) is 17.2 Å². The van der Waals surface area contributed by atoms with Crippen LogP contribution in [0.15, 0.2) is 114 Å². The summed E-state index contributed by atoms with van der Waals surface area (Å²) in [6.45, 7) is 4.10. The fourth-order valence-electron chi connectivity index (χ4n) is 4.97. The Balaban J connectivity index is 1.77. The number of amides is 2. The van der Waals surface area contributed by atoms with Crippen molar-refractivity contribution >= 4 is 27.5 Å². The second-order valence-corrected chi connectivity index (χ2v) is 12.6. The van der Waals surface area contributed by atoms with Crippen LogP contribution in [0.5, 0.6) is 5.75 Å². The third kappa shape index (κ3) is 9.17. The van der Waals surface area contributed by atoms with E-state index in [9.17, 15) is 22.4 Å². The standard InChI is InChI=1S/C36H40FN3O5S/c1-3-5-24-38-36(42)34(25-28-12-8-6-9-13-28)39(26-29-16-18-30(37)19-17-29)35(41)27-40(31-20-22-32(23-21-31)45-4-2)46(43,44)33-14-10-7-11-15-33/h6-23,34H,3-5,24-27H2,1-2H3,(H,38,42)/t34-/m0/s1. The van der Waals surface area contributed by atoms with Crippen LogP contribution >= 0.6 is 0 Å². The van der Waals surface area contributed by atoms with Gasteiger partial charge >= 0.3 is 0 Å². The van der Waals surface area contributed by atoms with Gasteiger partial charge in [-0.2, -0.15) is 0 Å². The van der Waals surface area contributed by atoms with Crippen molar-refractivity contribution < 1.29 is 27.1 Å². The molecule has 1 N–H and O–H groups in total. The van der Waals surface area contributed by atoms with Gasteiger partial charge in [-0.15, -0.1) is 0 Å². The fourth-order valence-corrected chi connectivity index (χ4v) is 6.41. The number of nitrogens with one attached hydrogen (secondary N) is 1. The number of benzene rings is 4. The van der Waals surface area contributed by atoms with Crippen molar-refractivity contribution in [2.24, 2.45) is 0 Å². The van der Waals surface area contributed by atoms with Crippen LogP contribution in [0.4, 0.5) is 10.1 Å². The van der Waals surface area contributed by atoms with Crippen molar-refractivity contribution in [3.8, 4) is 5.75 Å². The molecule has 0 radical (unpaired) electrons. The SMILES string of the molecule is CCCCNC(=O)[C@H](Cc1ccccc1)N(Cc1ccc(F)cc1)C(=O)CN(c1ccc(OCC)cc1)S(=O)(=O)c1ccccc1. The van der Waals surface area contributed by atoms with Gasteiger partial charge in [0.15, 0.2) is 0 Å². The van der Waals surface area contributed by atoms with Crippen LogP contribution in [-0.4, -0.2) is 50.9 Å². The highest BCUT2D eigenvalue weighted by molar-refractivity contribution is 7.92. The van der Waals surface area contributed by atoms with Crippen molar-refractivity contribution in [2.75, 3.05) is 24.0 Å². The van der Waals surface area contributed by atoms with E-state index in [4.69, 9.17) is 4.74 Å². The predicted octanol–water partition coefficient (Wildman–Crippen LogP) is 5.98. The summed E-state index contributed by atoms with van der Waals surface area (Å²) in [5.41, 5.74) is 1.68. The zero-order chi connectivity index (χ0) is 32.9. The summed E-state index contributed by atoms with van der Waals surface area (Å²) in [5.74, 6) is -0.828. The Hall–Kier alpha value is -4.70. The maximum absolute atomic E-state index is 14.5. The van der Waals surface area contributed by atoms with Gasteiger partial charge < -0.3 is 15.0 Å². The number of carbonyl (C=O) groups is 2. The molecule has 46 heavy (non-hydrogen) atoms. The molecule has 1 atom stereocenters. The van der Waals surface area contributed by atoms with Gasteiger partial charge in [0, 0.05) is 19.5 Å². The minimum atomic E-state index is -4.21. The molecule has 242 valence electrons. The Morgan fingerprint density at radius 3 is 2.07 bits per heavy atom. The van der Waals surface area contributed by atoms with Crippen molar-refractivity contribution in [1.82, 2.24) is 10.2 Å². The van der Waals surface area contributed by atoms with Gasteiger partial charge in [0.1, 0.15) is 24.2 Å². The lowest BCUT2D eigenvalue weighted by Crippen LogP contribution is -2.53. The minimum Gasteiger partial charge on any atom is -0.494 e. The molecule has 4 aromatic rings. The Kier molecular flexibility index (Phi) is 12.3. The third-order valence-electron chi connectivity index (χ3n) is 7.41. The first-order valence-electron chi connectivity index (χ1n) is 15.4. The van der Waals surface area contributed by atoms with Crippen molar-refractivity contribution in [3.05, 3.63) is 126 Å². The lowest BCUT2D eigenvalue weighted by molar-refractivity contribution is -0.140. The lowest BCUT2D eigenvalue weighted by Gasteiger charge is -2.34. The summed E-state index contributed by atoms with van der Waals surface area (Å²) in [7, 11) is -4.21. The van der Waals surface area contributed by atoms with E-state index in [0.717, 1.165) is 22.7 Å². The Morgan fingerprint density at radius 2 is 1.46 bits per heavy atom. The third-order valence-corrected chi connectivity index (χ3v) is 9.20. The maximum Gasteiger partial charge on any atom is 0.264 e. The number of rotatable bonds is 16. The summed E-state index contributed by atoms with van der Waals surface area (Å²) < 4.78 is 48.6. The summed E-state index contributed by atoms with van der Waals surface area (Å²) in [6, 6.07) is 28.4. The van der Waals surface area contributed by atoms with Crippen LogP contribution in [0.2, 0.25) is 0 Å². The first kappa shape index (κ1) is 34.2. The molecule has 4 rings (SSSR count). The highest BCUT2D eigenvalue weighted by Crippen LogP contribution is 2.27. The summed E-state index contributed by atoms with van der Waals surface area (Å²) >= 11 is 0. The quantitative estimate of drug-likeness (QED) is 0.151. The van der Waals surface area contributed by atoms with E-state index in [1.165, 1.54) is 29.2 Å². The molecular weight excluding hydrogens is 605 g/mol. The number of unbranched alkanes of at least 4 members (excludes halogenated alkanes) is 1. The zero-order valence-corrected chi connectivity index (χ0v) is 27.0. The molecule has 0 aliphatic rings. The smallest absolute Gasteiger partial charge is 0.264 e. The van der Waals surface area contributed by atoms with Gasteiger partial charge in [-0.25, -0.2) is 12.8 Å². The van der Waals surface area contributed by atoms with E-state index in [1.54, 1.807) is 54.6 Å². The number of anilines is 1. The maximum atomic E-state index is 14.5. The average molecular weight is 646 g/mol. The molecule has 0 heterocycles. The summed E-state index contributed by atoms with van der Waals surface area (Å²) in [6.07, 6.45) is 1.83. The second-order valence-electron chi connectivity index (χ2n) is 10.7. The first-order valence-corrected chi connectivity index (χ1v) is 16.8. The monoisotopic (exact) mass is 645 g/mol. The first-order chi connectivity index (χ1) is 22.2. The number of ether oxygens (including phenoxy) is 1. The highest BCUT2D eigenvalue weighted by Gasteiger charge is 2.34. The number of halogens is 1. The molecule has 10 heteroatoms. The van der Waals surface area contributed by atoms with Gasteiger partial charge in [-0.1, -0.05) is 74.0 Å². The van der Waals surface area contributed by atoms with Crippen LogP contribution < -0.4 is 14.4 Å². The summed E-state index contributed by atoms with van der Waals surface area (Å²) in [5, 5.41) is 2.95. The van der Waals surface area contributed by atoms with Gasteiger partial charge in [0.25, 0.3) is 10.0 Å². The topological polar surface area (TPSA) is 96.0 Å². The number of nitrogens with zero attached hydrogens (tertiary/aromatic N) is 2. The fraction of sp³-hybridized carbons (Fsp3) is 0.278. The Labute approximate surface area is 270 Å². The molecule has 4 aromatic carbocycles. The Morgan fingerprint density at radius 1 is 0.826 bits per heavy atom. The molecule has 0 aliphatic heterocycles. The molecule has 0 aliphatic carbocycles. The van der Waals surface area contributed by atoms with E-state index < -0.39 is 34.3 Å². The normalized spacial score (nSPS) is 11.8. The number of hydrogen-bond donors (Lipinski definition) is 1. The average Bonchev–Trinajstić information content (AvgIpc) is 3.07. The highest BCUT2D eigenvalue weighted by atomic mass is 32.2. The molecule has 0 saturated carbocycles. The summed E-state index contributed by atoms with van der Waals surface area (Å²) in [4.78, 5) is 29.6. The van der Waals surface area contributed by atoms with Crippen LogP contribution in [0, 0.1) is 5.82 Å². The molecule has 2 amide bonds. The van der Waals surface area contributed by atoms with Gasteiger partial charge in [-0.05, 0) is 73.0 Å². The molecular formula is C36H40FN3O5S. The van der Waals surface area contributed by atoms with Gasteiger partial charge in [-0.3, -0.25) is 13.9 Å². The van der Waals surface area contributed by atoms with Crippen molar-refractivity contribution in [1.29, 1.82) is 0 Å². The predicted molar refractivity (Wildman–Crippen MR) is 177 cm³/mol. The number of carbonyl (C=O) groups excluding carboxylic acids is 2. The molecule has 8 nitrogen and oxygen atoms in total. The van der Waals surface area contributed by atoms with E-state index in [2.05, 4.69) is 5.32 Å².